The number of hydrogen-bond donors (Lipinski definition) is 1. The fourth-order valence-corrected chi connectivity index (χ4v) is 2.51. The van der Waals surface area contributed by atoms with E-state index in [2.05, 4.69) is 11.8 Å². The van der Waals surface area contributed by atoms with Gasteiger partial charge in [-0.2, -0.15) is 0 Å². The molecular formula is C15H23FN2O. The molecule has 0 radical (unpaired) electrons. The summed E-state index contributed by atoms with van der Waals surface area (Å²) < 4.78 is 19.4. The van der Waals surface area contributed by atoms with Crippen LogP contribution in [0.5, 0.6) is 0 Å². The van der Waals surface area contributed by atoms with Gasteiger partial charge in [0.2, 0.25) is 0 Å². The minimum Gasteiger partial charge on any atom is -0.375 e. The third kappa shape index (κ3) is 3.07. The number of nitrogens with zero attached hydrogens (tertiary/aromatic N) is 1. The Hall–Kier alpha value is -1.13. The Labute approximate surface area is 114 Å². The SMILES string of the molecule is CCC1CN(c2cc(C)c(F)cc2[C@@H](C)N)CCO1. The number of morpholine rings is 1. The summed E-state index contributed by atoms with van der Waals surface area (Å²) in [6, 6.07) is 3.31. The molecule has 2 atom stereocenters. The Kier molecular flexibility index (Phi) is 4.42. The van der Waals surface area contributed by atoms with E-state index >= 15 is 0 Å². The maximum absolute atomic E-state index is 13.7. The van der Waals surface area contributed by atoms with Crippen LogP contribution in [-0.4, -0.2) is 25.8 Å². The number of aryl methyl sites for hydroxylation is 1. The summed E-state index contributed by atoms with van der Waals surface area (Å²) >= 11 is 0. The Morgan fingerprint density at radius 1 is 1.53 bits per heavy atom. The van der Waals surface area contributed by atoms with Crippen LogP contribution in [-0.2, 0) is 4.74 Å². The summed E-state index contributed by atoms with van der Waals surface area (Å²) in [7, 11) is 0. The van der Waals surface area contributed by atoms with Crippen molar-refractivity contribution in [1.29, 1.82) is 0 Å². The molecule has 2 rings (SSSR count). The van der Waals surface area contributed by atoms with E-state index in [-0.39, 0.29) is 18.0 Å². The summed E-state index contributed by atoms with van der Waals surface area (Å²) in [6.45, 7) is 8.21. The predicted octanol–water partition coefficient (Wildman–Crippen LogP) is 2.77. The molecule has 1 aromatic rings. The van der Waals surface area contributed by atoms with Crippen LogP contribution >= 0.6 is 0 Å². The van der Waals surface area contributed by atoms with Gasteiger partial charge in [0, 0.05) is 24.8 Å². The van der Waals surface area contributed by atoms with Crippen LogP contribution in [0.2, 0.25) is 0 Å². The van der Waals surface area contributed by atoms with E-state index in [1.165, 1.54) is 0 Å². The highest BCUT2D eigenvalue weighted by molar-refractivity contribution is 5.57. The molecule has 2 N–H and O–H groups in total. The molecule has 0 amide bonds. The van der Waals surface area contributed by atoms with Crippen molar-refractivity contribution in [3.05, 3.63) is 29.1 Å². The van der Waals surface area contributed by atoms with E-state index in [9.17, 15) is 4.39 Å². The van der Waals surface area contributed by atoms with Gasteiger partial charge in [0.05, 0.1) is 12.7 Å². The second kappa shape index (κ2) is 5.88. The van der Waals surface area contributed by atoms with Gasteiger partial charge in [-0.05, 0) is 43.5 Å². The van der Waals surface area contributed by atoms with Crippen molar-refractivity contribution in [2.75, 3.05) is 24.6 Å². The van der Waals surface area contributed by atoms with Gasteiger partial charge >= 0.3 is 0 Å². The third-order valence-electron chi connectivity index (χ3n) is 3.73. The van der Waals surface area contributed by atoms with Gasteiger partial charge < -0.3 is 15.4 Å². The fraction of sp³-hybridized carbons (Fsp3) is 0.600. The summed E-state index contributed by atoms with van der Waals surface area (Å²) in [6.07, 6.45) is 1.24. The monoisotopic (exact) mass is 266 g/mol. The Balaban J connectivity index is 2.34. The average Bonchev–Trinajstić information content (AvgIpc) is 2.41. The van der Waals surface area contributed by atoms with E-state index in [0.717, 1.165) is 30.8 Å². The zero-order valence-electron chi connectivity index (χ0n) is 11.9. The van der Waals surface area contributed by atoms with E-state index in [4.69, 9.17) is 10.5 Å². The van der Waals surface area contributed by atoms with Crippen LogP contribution in [0.1, 0.15) is 37.4 Å². The van der Waals surface area contributed by atoms with Crippen LogP contribution in [0.4, 0.5) is 10.1 Å². The van der Waals surface area contributed by atoms with Crippen LogP contribution in [0.15, 0.2) is 12.1 Å². The molecule has 19 heavy (non-hydrogen) atoms. The van der Waals surface area contributed by atoms with Gasteiger partial charge in [-0.25, -0.2) is 4.39 Å². The molecule has 0 aromatic heterocycles. The number of ether oxygens (including phenoxy) is 1. The number of nitrogens with two attached hydrogens (primary N) is 1. The molecule has 0 spiro atoms. The lowest BCUT2D eigenvalue weighted by molar-refractivity contribution is 0.0383. The first-order valence-corrected chi connectivity index (χ1v) is 6.95. The van der Waals surface area contributed by atoms with Crippen LogP contribution in [0, 0.1) is 12.7 Å². The largest absolute Gasteiger partial charge is 0.375 e. The van der Waals surface area contributed by atoms with Crippen LogP contribution in [0.25, 0.3) is 0 Å². The standard InChI is InChI=1S/C15H23FN2O/c1-4-12-9-18(5-6-19-12)15-7-10(2)14(16)8-13(15)11(3)17/h7-8,11-12H,4-6,9,17H2,1-3H3/t11-,12?/m1/s1. The molecule has 1 saturated heterocycles. The highest BCUT2D eigenvalue weighted by Crippen LogP contribution is 2.30. The fourth-order valence-electron chi connectivity index (χ4n) is 2.51. The van der Waals surface area contributed by atoms with E-state index in [0.29, 0.717) is 12.2 Å². The van der Waals surface area contributed by atoms with Crippen molar-refractivity contribution in [1.82, 2.24) is 0 Å². The molecule has 0 bridgehead atoms. The lowest BCUT2D eigenvalue weighted by atomic mass is 10.0. The molecule has 1 aliphatic rings. The van der Waals surface area contributed by atoms with Crippen molar-refractivity contribution in [2.24, 2.45) is 5.73 Å². The molecule has 106 valence electrons. The molecule has 1 unspecified atom stereocenters. The van der Waals surface area contributed by atoms with Crippen molar-refractivity contribution >= 4 is 5.69 Å². The maximum atomic E-state index is 13.7. The quantitative estimate of drug-likeness (QED) is 0.914. The van der Waals surface area contributed by atoms with E-state index < -0.39 is 0 Å². The molecule has 0 saturated carbocycles. The molecule has 3 nitrogen and oxygen atoms in total. The van der Waals surface area contributed by atoms with Crippen molar-refractivity contribution in [3.63, 3.8) is 0 Å². The number of anilines is 1. The topological polar surface area (TPSA) is 38.5 Å². The minimum atomic E-state index is -0.184. The van der Waals surface area contributed by atoms with E-state index in [1.54, 1.807) is 13.0 Å². The maximum Gasteiger partial charge on any atom is 0.126 e. The number of benzene rings is 1. The normalized spacial score (nSPS) is 21.5. The van der Waals surface area contributed by atoms with Crippen molar-refractivity contribution in [2.45, 2.75) is 39.3 Å². The molecule has 1 aromatic carbocycles. The smallest absolute Gasteiger partial charge is 0.126 e. The third-order valence-corrected chi connectivity index (χ3v) is 3.73. The lowest BCUT2D eigenvalue weighted by Gasteiger charge is -2.36. The van der Waals surface area contributed by atoms with Gasteiger partial charge in [-0.15, -0.1) is 0 Å². The number of halogens is 1. The highest BCUT2D eigenvalue weighted by Gasteiger charge is 2.23. The molecule has 1 heterocycles. The molecule has 1 aliphatic heterocycles. The number of hydrogen-bond acceptors (Lipinski definition) is 3. The molecule has 4 heteroatoms. The first kappa shape index (κ1) is 14.3. The summed E-state index contributed by atoms with van der Waals surface area (Å²) in [5.41, 5.74) is 8.57. The van der Waals surface area contributed by atoms with Gasteiger partial charge in [0.25, 0.3) is 0 Å². The Morgan fingerprint density at radius 3 is 2.89 bits per heavy atom. The van der Waals surface area contributed by atoms with Crippen LogP contribution < -0.4 is 10.6 Å². The Bertz CT molecular complexity index is 448. The van der Waals surface area contributed by atoms with Gasteiger partial charge in [-0.3, -0.25) is 0 Å². The van der Waals surface area contributed by atoms with Crippen molar-refractivity contribution < 1.29 is 9.13 Å². The zero-order chi connectivity index (χ0) is 14.0. The lowest BCUT2D eigenvalue weighted by Crippen LogP contribution is -2.42. The second-order valence-corrected chi connectivity index (χ2v) is 5.30. The first-order chi connectivity index (χ1) is 9.02. The summed E-state index contributed by atoms with van der Waals surface area (Å²) in [4.78, 5) is 2.27. The van der Waals surface area contributed by atoms with Crippen LogP contribution in [0.3, 0.4) is 0 Å². The van der Waals surface area contributed by atoms with E-state index in [1.807, 2.05) is 13.0 Å². The van der Waals surface area contributed by atoms with Gasteiger partial charge in [-0.1, -0.05) is 6.92 Å². The Morgan fingerprint density at radius 2 is 2.26 bits per heavy atom. The van der Waals surface area contributed by atoms with Crippen molar-refractivity contribution in [3.8, 4) is 0 Å². The number of rotatable bonds is 3. The zero-order valence-corrected chi connectivity index (χ0v) is 11.9. The van der Waals surface area contributed by atoms with Gasteiger partial charge in [0.1, 0.15) is 5.82 Å². The molecular weight excluding hydrogens is 243 g/mol. The molecule has 0 aliphatic carbocycles. The summed E-state index contributed by atoms with van der Waals surface area (Å²) in [5, 5.41) is 0. The minimum absolute atomic E-state index is 0.173. The summed E-state index contributed by atoms with van der Waals surface area (Å²) in [5.74, 6) is -0.184. The molecule has 1 fully saturated rings. The predicted molar refractivity (Wildman–Crippen MR) is 76.0 cm³/mol. The second-order valence-electron chi connectivity index (χ2n) is 5.30. The highest BCUT2D eigenvalue weighted by atomic mass is 19.1. The van der Waals surface area contributed by atoms with Gasteiger partial charge in [0.15, 0.2) is 0 Å². The average molecular weight is 266 g/mol. The first-order valence-electron chi connectivity index (χ1n) is 6.95.